The van der Waals surface area contributed by atoms with Crippen LogP contribution in [-0.2, 0) is 0 Å². The van der Waals surface area contributed by atoms with E-state index >= 15 is 0 Å². The molecule has 186 valence electrons. The Balaban J connectivity index is -0.000000323. The lowest BCUT2D eigenvalue weighted by atomic mass is 9.84. The Morgan fingerprint density at radius 3 is 0.367 bits per heavy atom. The van der Waals surface area contributed by atoms with Crippen LogP contribution in [-0.4, -0.2) is 0 Å². The zero-order valence-corrected chi connectivity index (χ0v) is 23.9. The second-order valence-electron chi connectivity index (χ2n) is 10.1. The summed E-state index contributed by atoms with van der Waals surface area (Å²) < 4.78 is 0. The van der Waals surface area contributed by atoms with Crippen LogP contribution in [0.15, 0.2) is 0 Å². The van der Waals surface area contributed by atoms with Gasteiger partial charge in [-0.2, -0.15) is 0 Å². The van der Waals surface area contributed by atoms with Crippen LogP contribution in [0.5, 0.6) is 0 Å². The van der Waals surface area contributed by atoms with E-state index in [9.17, 15) is 0 Å². The standard InChI is InChI=1S/3C8H16.3C2H6/c3*1-7-3-5-8(2)6-4-7;3*1-2/h3*7-8H,3-6H2,1-2H3;3*1-2H3. The summed E-state index contributed by atoms with van der Waals surface area (Å²) in [5.74, 6) is 6.12. The van der Waals surface area contributed by atoms with Crippen LogP contribution >= 0.6 is 0 Å². The molecule has 3 aliphatic carbocycles. The van der Waals surface area contributed by atoms with Crippen molar-refractivity contribution >= 4 is 0 Å². The van der Waals surface area contributed by atoms with Gasteiger partial charge < -0.3 is 0 Å². The fraction of sp³-hybridized carbons (Fsp3) is 1.00. The van der Waals surface area contributed by atoms with Crippen molar-refractivity contribution in [2.45, 2.75) is 160 Å². The third-order valence-corrected chi connectivity index (χ3v) is 6.91. The Morgan fingerprint density at radius 1 is 0.233 bits per heavy atom. The molecule has 3 rings (SSSR count). The normalized spacial score (nSPS) is 32.4. The van der Waals surface area contributed by atoms with Gasteiger partial charge in [-0.1, -0.05) is 160 Å². The first-order chi connectivity index (χ1) is 14.4. The molecule has 0 aromatic rings. The van der Waals surface area contributed by atoms with E-state index in [0.717, 1.165) is 35.5 Å². The fourth-order valence-electron chi connectivity index (χ4n) is 4.28. The van der Waals surface area contributed by atoms with Gasteiger partial charge in [-0.3, -0.25) is 0 Å². The second kappa shape index (κ2) is 25.3. The minimum Gasteiger partial charge on any atom is -0.0683 e. The molecule has 0 aliphatic heterocycles. The minimum atomic E-state index is 1.02. The molecule has 30 heavy (non-hydrogen) atoms. The van der Waals surface area contributed by atoms with Crippen LogP contribution in [0.2, 0.25) is 0 Å². The van der Waals surface area contributed by atoms with Crippen molar-refractivity contribution in [1.29, 1.82) is 0 Å². The van der Waals surface area contributed by atoms with E-state index in [1.165, 1.54) is 77.0 Å². The van der Waals surface area contributed by atoms with Crippen LogP contribution in [0.25, 0.3) is 0 Å². The van der Waals surface area contributed by atoms with Gasteiger partial charge in [0.2, 0.25) is 0 Å². The zero-order chi connectivity index (χ0) is 23.9. The Hall–Kier alpha value is 0. The van der Waals surface area contributed by atoms with Crippen molar-refractivity contribution in [2.24, 2.45) is 35.5 Å². The molecule has 0 N–H and O–H groups in total. The molecule has 0 heteroatoms. The topological polar surface area (TPSA) is 0 Å². The van der Waals surface area contributed by atoms with E-state index in [0.29, 0.717) is 0 Å². The highest BCUT2D eigenvalue weighted by Crippen LogP contribution is 2.28. The van der Waals surface area contributed by atoms with Gasteiger partial charge >= 0.3 is 0 Å². The van der Waals surface area contributed by atoms with Crippen molar-refractivity contribution < 1.29 is 0 Å². The summed E-state index contributed by atoms with van der Waals surface area (Å²) in [5, 5.41) is 0. The predicted octanol–water partition coefficient (Wildman–Crippen LogP) is 11.6. The highest BCUT2D eigenvalue weighted by Gasteiger charge is 2.14. The lowest BCUT2D eigenvalue weighted by molar-refractivity contribution is 0.308. The van der Waals surface area contributed by atoms with E-state index in [4.69, 9.17) is 0 Å². The van der Waals surface area contributed by atoms with E-state index in [1.807, 2.05) is 41.5 Å². The van der Waals surface area contributed by atoms with E-state index in [1.54, 1.807) is 0 Å². The molecule has 0 aromatic carbocycles. The Bertz CT molecular complexity index is 193. The first-order valence-corrected chi connectivity index (χ1v) is 14.4. The lowest BCUT2D eigenvalue weighted by Crippen LogP contribution is -2.08. The van der Waals surface area contributed by atoms with Crippen molar-refractivity contribution in [3.63, 3.8) is 0 Å². The highest BCUT2D eigenvalue weighted by molar-refractivity contribution is 4.67. The summed E-state index contributed by atoms with van der Waals surface area (Å²) >= 11 is 0. The van der Waals surface area contributed by atoms with Crippen LogP contribution in [0.1, 0.15) is 160 Å². The summed E-state index contributed by atoms with van der Waals surface area (Å²) in [6.07, 6.45) is 17.7. The molecular formula is C30H66. The molecule has 0 saturated heterocycles. The predicted molar refractivity (Wildman–Crippen MR) is 144 cm³/mol. The van der Waals surface area contributed by atoms with Crippen molar-refractivity contribution in [1.82, 2.24) is 0 Å². The molecule has 0 amide bonds. The van der Waals surface area contributed by atoms with Crippen molar-refractivity contribution in [3.05, 3.63) is 0 Å². The zero-order valence-electron chi connectivity index (χ0n) is 23.9. The smallest absolute Gasteiger partial charge is 0.0443 e. The van der Waals surface area contributed by atoms with E-state index in [2.05, 4.69) is 41.5 Å². The maximum atomic E-state index is 2.37. The molecule has 0 bridgehead atoms. The molecule has 3 saturated carbocycles. The number of hydrogen-bond donors (Lipinski definition) is 0. The second-order valence-corrected chi connectivity index (χ2v) is 10.1. The average molecular weight is 427 g/mol. The van der Waals surface area contributed by atoms with Crippen molar-refractivity contribution in [2.75, 3.05) is 0 Å². The molecule has 0 radical (unpaired) electrons. The van der Waals surface area contributed by atoms with Gasteiger partial charge in [0.05, 0.1) is 0 Å². The molecule has 0 nitrogen and oxygen atoms in total. The largest absolute Gasteiger partial charge is 0.0683 e. The van der Waals surface area contributed by atoms with Gasteiger partial charge in [0.1, 0.15) is 0 Å². The van der Waals surface area contributed by atoms with E-state index in [-0.39, 0.29) is 0 Å². The molecule has 0 spiro atoms. The maximum absolute atomic E-state index is 2.37. The molecule has 3 fully saturated rings. The fourth-order valence-corrected chi connectivity index (χ4v) is 4.28. The van der Waals surface area contributed by atoms with Gasteiger partial charge in [-0.05, 0) is 35.5 Å². The first-order valence-electron chi connectivity index (χ1n) is 14.4. The van der Waals surface area contributed by atoms with Crippen molar-refractivity contribution in [3.8, 4) is 0 Å². The summed E-state index contributed by atoms with van der Waals surface area (Å²) in [4.78, 5) is 0. The molecule has 0 unspecified atom stereocenters. The highest BCUT2D eigenvalue weighted by atomic mass is 14.2. The lowest BCUT2D eigenvalue weighted by Gasteiger charge is -2.22. The number of hydrogen-bond acceptors (Lipinski definition) is 0. The van der Waals surface area contributed by atoms with E-state index < -0.39 is 0 Å². The Morgan fingerprint density at radius 2 is 0.300 bits per heavy atom. The first kappa shape index (κ1) is 34.6. The van der Waals surface area contributed by atoms with Gasteiger partial charge in [0, 0.05) is 0 Å². The molecule has 0 atom stereocenters. The van der Waals surface area contributed by atoms with Gasteiger partial charge in [0.15, 0.2) is 0 Å². The molecule has 3 aliphatic rings. The molecule has 0 heterocycles. The monoisotopic (exact) mass is 427 g/mol. The quantitative estimate of drug-likeness (QED) is 0.361. The van der Waals surface area contributed by atoms with Gasteiger partial charge in [-0.15, -0.1) is 0 Å². The third kappa shape index (κ3) is 22.7. The molecule has 0 aromatic heterocycles. The van der Waals surface area contributed by atoms with Gasteiger partial charge in [-0.25, -0.2) is 0 Å². The van der Waals surface area contributed by atoms with Crippen LogP contribution < -0.4 is 0 Å². The maximum Gasteiger partial charge on any atom is -0.0443 e. The Labute approximate surface area is 195 Å². The van der Waals surface area contributed by atoms with Crippen LogP contribution in [0, 0.1) is 35.5 Å². The SMILES string of the molecule is CC.CC.CC.CC1CCC(C)CC1.CC1CCC(C)CC1.CC1CCC(C)CC1. The summed E-state index contributed by atoms with van der Waals surface area (Å²) in [7, 11) is 0. The molecular weight excluding hydrogens is 360 g/mol. The summed E-state index contributed by atoms with van der Waals surface area (Å²) in [6, 6.07) is 0. The summed E-state index contributed by atoms with van der Waals surface area (Å²) in [6.45, 7) is 26.2. The Kier molecular flexibility index (Phi) is 29.1. The summed E-state index contributed by atoms with van der Waals surface area (Å²) in [5.41, 5.74) is 0. The average Bonchev–Trinajstić information content (AvgIpc) is 2.79. The minimum absolute atomic E-state index is 1.02. The third-order valence-electron chi connectivity index (χ3n) is 6.91. The van der Waals surface area contributed by atoms with Gasteiger partial charge in [0.25, 0.3) is 0 Å². The van der Waals surface area contributed by atoms with Crippen LogP contribution in [0.3, 0.4) is 0 Å². The van der Waals surface area contributed by atoms with Crippen LogP contribution in [0.4, 0.5) is 0 Å². The number of rotatable bonds is 0.